The minimum atomic E-state index is 0.864. The van der Waals surface area contributed by atoms with Gasteiger partial charge in [0.05, 0.1) is 27.1 Å². The summed E-state index contributed by atoms with van der Waals surface area (Å²) >= 11 is 1.63. The summed E-state index contributed by atoms with van der Waals surface area (Å²) in [5, 5.41) is 1.04. The van der Waals surface area contributed by atoms with Gasteiger partial charge in [0, 0.05) is 12.4 Å². The summed E-state index contributed by atoms with van der Waals surface area (Å²) in [7, 11) is 0. The summed E-state index contributed by atoms with van der Waals surface area (Å²) in [6, 6.07) is 1.89. The van der Waals surface area contributed by atoms with Crippen molar-refractivity contribution in [1.82, 2.24) is 19.9 Å². The first kappa shape index (κ1) is 8.55. The van der Waals surface area contributed by atoms with Crippen molar-refractivity contribution in [3.05, 3.63) is 29.7 Å². The van der Waals surface area contributed by atoms with E-state index in [4.69, 9.17) is 0 Å². The number of aromatic nitrogens is 4. The van der Waals surface area contributed by atoms with Gasteiger partial charge in [-0.25, -0.2) is 9.97 Å². The molecule has 0 aromatic carbocycles. The first-order valence-electron chi connectivity index (χ1n) is 4.55. The Balaban J connectivity index is 2.19. The van der Waals surface area contributed by atoms with Crippen molar-refractivity contribution >= 4 is 22.4 Å². The van der Waals surface area contributed by atoms with Crippen molar-refractivity contribution in [3.8, 4) is 10.7 Å². The Bertz CT molecular complexity index is 577. The van der Waals surface area contributed by atoms with Crippen LogP contribution in [0.15, 0.2) is 24.7 Å². The van der Waals surface area contributed by atoms with E-state index in [-0.39, 0.29) is 0 Å². The Morgan fingerprint density at radius 3 is 3.00 bits per heavy atom. The lowest BCUT2D eigenvalue weighted by Crippen LogP contribution is -1.72. The molecule has 74 valence electrons. The van der Waals surface area contributed by atoms with E-state index in [0.717, 1.165) is 26.7 Å². The van der Waals surface area contributed by atoms with Gasteiger partial charge in [-0.05, 0) is 13.0 Å². The van der Waals surface area contributed by atoms with Crippen LogP contribution >= 0.6 is 11.3 Å². The minimum Gasteiger partial charge on any atom is -0.336 e. The van der Waals surface area contributed by atoms with Crippen LogP contribution < -0.4 is 0 Å². The van der Waals surface area contributed by atoms with Crippen LogP contribution in [0.1, 0.15) is 5.01 Å². The fourth-order valence-electron chi connectivity index (χ4n) is 1.44. The molecular weight excluding hydrogens is 208 g/mol. The minimum absolute atomic E-state index is 0.864. The van der Waals surface area contributed by atoms with Gasteiger partial charge in [0.15, 0.2) is 0 Å². The molecule has 3 aromatic heterocycles. The molecule has 0 radical (unpaired) electrons. The normalized spacial score (nSPS) is 11.0. The smallest absolute Gasteiger partial charge is 0.150 e. The van der Waals surface area contributed by atoms with E-state index >= 15 is 0 Å². The van der Waals surface area contributed by atoms with Gasteiger partial charge in [-0.2, -0.15) is 0 Å². The SMILES string of the molecule is Cc1ncc(-c2nc3ccncc3[nH]2)s1. The number of nitrogens with one attached hydrogen (secondary N) is 1. The fraction of sp³-hybridized carbons (Fsp3) is 0.100. The van der Waals surface area contributed by atoms with Gasteiger partial charge in [-0.3, -0.25) is 4.98 Å². The van der Waals surface area contributed by atoms with E-state index in [1.807, 2.05) is 19.2 Å². The van der Waals surface area contributed by atoms with E-state index in [0.29, 0.717) is 0 Å². The second kappa shape index (κ2) is 3.13. The number of hydrogen-bond donors (Lipinski definition) is 1. The zero-order chi connectivity index (χ0) is 10.3. The first-order valence-corrected chi connectivity index (χ1v) is 5.37. The number of nitrogens with zero attached hydrogens (tertiary/aromatic N) is 3. The molecule has 4 nitrogen and oxygen atoms in total. The van der Waals surface area contributed by atoms with Crippen molar-refractivity contribution in [2.45, 2.75) is 6.92 Å². The van der Waals surface area contributed by atoms with Crippen LogP contribution in [-0.2, 0) is 0 Å². The van der Waals surface area contributed by atoms with Crippen molar-refractivity contribution in [2.75, 3.05) is 0 Å². The van der Waals surface area contributed by atoms with Crippen LogP contribution in [0.2, 0.25) is 0 Å². The maximum absolute atomic E-state index is 4.47. The zero-order valence-electron chi connectivity index (χ0n) is 8.06. The van der Waals surface area contributed by atoms with E-state index in [1.54, 1.807) is 23.7 Å². The number of aryl methyl sites for hydroxylation is 1. The molecule has 0 aliphatic rings. The molecule has 0 fully saturated rings. The number of thiazole rings is 1. The third kappa shape index (κ3) is 1.41. The Labute approximate surface area is 90.0 Å². The quantitative estimate of drug-likeness (QED) is 0.679. The Hall–Kier alpha value is -1.75. The average Bonchev–Trinajstić information content (AvgIpc) is 2.82. The van der Waals surface area contributed by atoms with Crippen LogP contribution in [-0.4, -0.2) is 19.9 Å². The largest absolute Gasteiger partial charge is 0.336 e. The number of fused-ring (bicyclic) bond motifs is 1. The van der Waals surface area contributed by atoms with Crippen molar-refractivity contribution < 1.29 is 0 Å². The highest BCUT2D eigenvalue weighted by atomic mass is 32.1. The van der Waals surface area contributed by atoms with Crippen LogP contribution in [0, 0.1) is 6.92 Å². The number of rotatable bonds is 1. The lowest BCUT2D eigenvalue weighted by atomic mass is 10.4. The Morgan fingerprint density at radius 2 is 2.27 bits per heavy atom. The van der Waals surface area contributed by atoms with E-state index in [9.17, 15) is 0 Å². The van der Waals surface area contributed by atoms with E-state index in [2.05, 4.69) is 19.9 Å². The molecular formula is C10H8N4S. The highest BCUT2D eigenvalue weighted by Gasteiger charge is 2.07. The van der Waals surface area contributed by atoms with Crippen LogP contribution in [0.3, 0.4) is 0 Å². The lowest BCUT2D eigenvalue weighted by molar-refractivity contribution is 1.28. The van der Waals surface area contributed by atoms with Crippen molar-refractivity contribution in [3.63, 3.8) is 0 Å². The molecule has 5 heteroatoms. The van der Waals surface area contributed by atoms with Crippen molar-refractivity contribution in [1.29, 1.82) is 0 Å². The number of hydrogen-bond acceptors (Lipinski definition) is 4. The molecule has 0 atom stereocenters. The lowest BCUT2D eigenvalue weighted by Gasteiger charge is -1.85. The molecule has 15 heavy (non-hydrogen) atoms. The Kier molecular flexibility index (Phi) is 1.78. The van der Waals surface area contributed by atoms with Gasteiger partial charge in [0.25, 0.3) is 0 Å². The molecule has 3 heterocycles. The summed E-state index contributed by atoms with van der Waals surface area (Å²) in [6.45, 7) is 1.98. The van der Waals surface area contributed by atoms with Gasteiger partial charge in [-0.15, -0.1) is 11.3 Å². The standard InChI is InChI=1S/C10H8N4S/c1-6-12-5-9(15-6)10-13-7-2-3-11-4-8(7)14-10/h2-5H,1H3,(H,13,14). The molecule has 3 rings (SSSR count). The predicted molar refractivity (Wildman–Crippen MR) is 59.7 cm³/mol. The summed E-state index contributed by atoms with van der Waals surface area (Å²) < 4.78 is 0. The van der Waals surface area contributed by atoms with Crippen LogP contribution in [0.5, 0.6) is 0 Å². The number of H-pyrrole nitrogens is 1. The molecule has 0 spiro atoms. The molecule has 0 aliphatic heterocycles. The molecule has 0 aliphatic carbocycles. The molecule has 0 bridgehead atoms. The molecule has 0 unspecified atom stereocenters. The molecule has 0 saturated heterocycles. The Morgan fingerprint density at radius 1 is 1.33 bits per heavy atom. The second-order valence-electron chi connectivity index (χ2n) is 3.22. The van der Waals surface area contributed by atoms with Gasteiger partial charge < -0.3 is 4.98 Å². The average molecular weight is 216 g/mol. The zero-order valence-corrected chi connectivity index (χ0v) is 8.88. The van der Waals surface area contributed by atoms with Gasteiger partial charge in [0.2, 0.25) is 0 Å². The van der Waals surface area contributed by atoms with E-state index < -0.39 is 0 Å². The summed E-state index contributed by atoms with van der Waals surface area (Å²) in [5.74, 6) is 0.864. The third-order valence-corrected chi connectivity index (χ3v) is 3.06. The number of imidazole rings is 1. The maximum Gasteiger partial charge on any atom is 0.150 e. The summed E-state index contributed by atoms with van der Waals surface area (Å²) in [4.78, 5) is 17.0. The third-order valence-electron chi connectivity index (χ3n) is 2.14. The monoisotopic (exact) mass is 216 g/mol. The fourth-order valence-corrected chi connectivity index (χ4v) is 2.17. The van der Waals surface area contributed by atoms with E-state index in [1.165, 1.54) is 0 Å². The topological polar surface area (TPSA) is 54.5 Å². The van der Waals surface area contributed by atoms with Crippen LogP contribution in [0.4, 0.5) is 0 Å². The molecule has 0 amide bonds. The number of pyridine rings is 1. The predicted octanol–water partition coefficient (Wildman–Crippen LogP) is 2.39. The second-order valence-corrected chi connectivity index (χ2v) is 4.46. The summed E-state index contributed by atoms with van der Waals surface area (Å²) in [6.07, 6.45) is 5.36. The highest BCUT2D eigenvalue weighted by molar-refractivity contribution is 7.14. The van der Waals surface area contributed by atoms with Gasteiger partial charge in [-0.1, -0.05) is 0 Å². The molecule has 1 N–H and O–H groups in total. The molecule has 3 aromatic rings. The van der Waals surface area contributed by atoms with Crippen molar-refractivity contribution in [2.24, 2.45) is 0 Å². The number of aromatic amines is 1. The molecule has 0 saturated carbocycles. The first-order chi connectivity index (χ1) is 7.33. The maximum atomic E-state index is 4.47. The van der Waals surface area contributed by atoms with Gasteiger partial charge >= 0.3 is 0 Å². The van der Waals surface area contributed by atoms with Crippen LogP contribution in [0.25, 0.3) is 21.7 Å². The van der Waals surface area contributed by atoms with Gasteiger partial charge in [0.1, 0.15) is 5.82 Å². The highest BCUT2D eigenvalue weighted by Crippen LogP contribution is 2.24. The summed E-state index contributed by atoms with van der Waals surface area (Å²) in [5.41, 5.74) is 1.89.